The number of hydrogen-bond donors (Lipinski definition) is 1. The van der Waals surface area contributed by atoms with Gasteiger partial charge in [-0.05, 0) is 60.7 Å². The molecule has 0 saturated carbocycles. The lowest BCUT2D eigenvalue weighted by atomic mass is 10.2. The lowest BCUT2D eigenvalue weighted by Gasteiger charge is -2.11. The number of nitrogens with zero attached hydrogens (tertiary/aromatic N) is 3. The van der Waals surface area contributed by atoms with E-state index in [1.54, 1.807) is 52.8 Å². The number of amides is 1. The largest absolute Gasteiger partial charge is 0.322 e. The van der Waals surface area contributed by atoms with Crippen LogP contribution in [0, 0.1) is 5.82 Å². The summed E-state index contributed by atoms with van der Waals surface area (Å²) in [5, 5.41) is 7.10. The SMILES string of the molecule is CCS(=O)(=O)c1ccc(NC(=O)c2cnn(-c3ccc(F)cc3)c2-n2cccc2)cc1. The average Bonchev–Trinajstić information content (AvgIpc) is 3.44. The number of aromatic nitrogens is 3. The molecule has 0 radical (unpaired) electrons. The van der Waals surface area contributed by atoms with Gasteiger partial charge in [0.1, 0.15) is 11.4 Å². The number of benzene rings is 2. The van der Waals surface area contributed by atoms with Crippen molar-refractivity contribution in [2.24, 2.45) is 0 Å². The molecular formula is C22H19FN4O3S. The van der Waals surface area contributed by atoms with E-state index in [1.165, 1.54) is 30.5 Å². The second kappa shape index (κ2) is 8.19. The minimum atomic E-state index is -3.32. The van der Waals surface area contributed by atoms with Crippen LogP contribution in [0.4, 0.5) is 10.1 Å². The second-order valence-electron chi connectivity index (χ2n) is 6.74. The number of sulfone groups is 1. The first-order valence-electron chi connectivity index (χ1n) is 9.50. The van der Waals surface area contributed by atoms with Crippen LogP contribution in [0.25, 0.3) is 11.5 Å². The Morgan fingerprint density at radius 3 is 2.29 bits per heavy atom. The Bertz CT molecular complexity index is 1310. The number of anilines is 1. The second-order valence-corrected chi connectivity index (χ2v) is 9.02. The minimum absolute atomic E-state index is 0.00149. The Labute approximate surface area is 178 Å². The van der Waals surface area contributed by atoms with Crippen LogP contribution in [0.3, 0.4) is 0 Å². The van der Waals surface area contributed by atoms with Crippen LogP contribution in [0.15, 0.2) is 84.1 Å². The lowest BCUT2D eigenvalue weighted by molar-refractivity contribution is 0.102. The number of nitrogens with one attached hydrogen (secondary N) is 1. The molecule has 2 aromatic heterocycles. The molecule has 0 atom stereocenters. The van der Waals surface area contributed by atoms with Gasteiger partial charge >= 0.3 is 0 Å². The van der Waals surface area contributed by atoms with Gasteiger partial charge in [0.05, 0.1) is 22.5 Å². The third-order valence-corrected chi connectivity index (χ3v) is 6.51. The number of carbonyl (C=O) groups excluding carboxylic acids is 1. The smallest absolute Gasteiger partial charge is 0.261 e. The number of rotatable bonds is 6. The van der Waals surface area contributed by atoms with E-state index >= 15 is 0 Å². The predicted molar refractivity (Wildman–Crippen MR) is 115 cm³/mol. The molecule has 0 spiro atoms. The van der Waals surface area contributed by atoms with E-state index in [0.717, 1.165) is 0 Å². The van der Waals surface area contributed by atoms with E-state index < -0.39 is 15.7 Å². The van der Waals surface area contributed by atoms with Gasteiger partial charge in [0.2, 0.25) is 0 Å². The Morgan fingerprint density at radius 1 is 1.03 bits per heavy atom. The van der Waals surface area contributed by atoms with Gasteiger partial charge in [-0.2, -0.15) is 5.10 Å². The predicted octanol–water partition coefficient (Wildman–Crippen LogP) is 3.85. The molecule has 0 saturated heterocycles. The molecule has 1 N–H and O–H groups in total. The summed E-state index contributed by atoms with van der Waals surface area (Å²) in [4.78, 5) is 13.2. The van der Waals surface area contributed by atoms with Gasteiger partial charge in [-0.25, -0.2) is 17.5 Å². The van der Waals surface area contributed by atoms with Gasteiger partial charge in [0, 0.05) is 18.1 Å². The zero-order chi connectivity index (χ0) is 22.0. The summed E-state index contributed by atoms with van der Waals surface area (Å²) in [7, 11) is -3.32. The molecular weight excluding hydrogens is 419 g/mol. The molecule has 0 aliphatic heterocycles. The van der Waals surface area contributed by atoms with E-state index in [4.69, 9.17) is 0 Å². The van der Waals surface area contributed by atoms with Gasteiger partial charge in [0.15, 0.2) is 15.7 Å². The summed E-state index contributed by atoms with van der Waals surface area (Å²) in [6.45, 7) is 1.58. The van der Waals surface area contributed by atoms with Crippen molar-refractivity contribution in [2.75, 3.05) is 11.1 Å². The number of hydrogen-bond acceptors (Lipinski definition) is 4. The average molecular weight is 438 g/mol. The van der Waals surface area contributed by atoms with Crippen LogP contribution in [-0.4, -0.2) is 34.4 Å². The van der Waals surface area contributed by atoms with Crippen molar-refractivity contribution < 1.29 is 17.6 Å². The number of carbonyl (C=O) groups is 1. The van der Waals surface area contributed by atoms with Crippen molar-refractivity contribution in [1.82, 2.24) is 14.3 Å². The van der Waals surface area contributed by atoms with Gasteiger partial charge in [-0.15, -0.1) is 0 Å². The monoisotopic (exact) mass is 438 g/mol. The van der Waals surface area contributed by atoms with Crippen molar-refractivity contribution in [3.63, 3.8) is 0 Å². The third kappa shape index (κ3) is 4.13. The van der Waals surface area contributed by atoms with E-state index in [-0.39, 0.29) is 16.5 Å². The van der Waals surface area contributed by atoms with Crippen LogP contribution in [0.2, 0.25) is 0 Å². The third-order valence-electron chi connectivity index (χ3n) is 4.76. The zero-order valence-electron chi connectivity index (χ0n) is 16.6. The summed E-state index contributed by atoms with van der Waals surface area (Å²) in [5.41, 5.74) is 1.34. The van der Waals surface area contributed by atoms with E-state index in [2.05, 4.69) is 10.4 Å². The molecule has 2 heterocycles. The zero-order valence-corrected chi connectivity index (χ0v) is 17.4. The fourth-order valence-corrected chi connectivity index (χ4v) is 3.99. The molecule has 0 aliphatic carbocycles. The molecule has 0 fully saturated rings. The Kier molecular flexibility index (Phi) is 5.43. The lowest BCUT2D eigenvalue weighted by Crippen LogP contribution is -2.15. The molecule has 0 unspecified atom stereocenters. The van der Waals surface area contributed by atoms with E-state index in [0.29, 0.717) is 22.8 Å². The number of halogens is 1. The van der Waals surface area contributed by atoms with Crippen LogP contribution >= 0.6 is 0 Å². The molecule has 2 aromatic carbocycles. The van der Waals surface area contributed by atoms with Gasteiger partial charge < -0.3 is 9.88 Å². The molecule has 0 bridgehead atoms. The van der Waals surface area contributed by atoms with Crippen LogP contribution in [0.1, 0.15) is 17.3 Å². The fraction of sp³-hybridized carbons (Fsp3) is 0.0909. The van der Waals surface area contributed by atoms with Gasteiger partial charge in [0.25, 0.3) is 5.91 Å². The highest BCUT2D eigenvalue weighted by Gasteiger charge is 2.20. The molecule has 9 heteroatoms. The molecule has 0 aliphatic rings. The maximum absolute atomic E-state index is 13.3. The van der Waals surface area contributed by atoms with Crippen LogP contribution < -0.4 is 5.32 Å². The summed E-state index contributed by atoms with van der Waals surface area (Å²) >= 11 is 0. The molecule has 4 rings (SSSR count). The first kappa shape index (κ1) is 20.5. The standard InChI is InChI=1S/C22H19FN4O3S/c1-2-31(29,30)19-11-7-17(8-12-19)25-21(28)20-15-24-27(18-9-5-16(23)6-10-18)22(20)26-13-3-4-14-26/h3-15H,2H2,1H3,(H,25,28). The van der Waals surface area contributed by atoms with Gasteiger partial charge in [-0.3, -0.25) is 4.79 Å². The maximum Gasteiger partial charge on any atom is 0.261 e. The Hall–Kier alpha value is -3.72. The van der Waals surface area contributed by atoms with E-state index in [1.807, 2.05) is 12.1 Å². The highest BCUT2D eigenvalue weighted by molar-refractivity contribution is 7.91. The normalized spacial score (nSPS) is 11.4. The van der Waals surface area contributed by atoms with Gasteiger partial charge in [-0.1, -0.05) is 6.92 Å². The van der Waals surface area contributed by atoms with Crippen molar-refractivity contribution in [1.29, 1.82) is 0 Å². The summed E-state index contributed by atoms with van der Waals surface area (Å²) < 4.78 is 40.6. The fourth-order valence-electron chi connectivity index (χ4n) is 3.11. The molecule has 31 heavy (non-hydrogen) atoms. The Morgan fingerprint density at radius 2 is 1.68 bits per heavy atom. The quantitative estimate of drug-likeness (QED) is 0.496. The molecule has 7 nitrogen and oxygen atoms in total. The highest BCUT2D eigenvalue weighted by atomic mass is 32.2. The minimum Gasteiger partial charge on any atom is -0.322 e. The topological polar surface area (TPSA) is 86.0 Å². The molecule has 1 amide bonds. The summed E-state index contributed by atoms with van der Waals surface area (Å²) in [6.07, 6.45) is 4.99. The van der Waals surface area contributed by atoms with Crippen molar-refractivity contribution in [3.8, 4) is 11.5 Å². The Balaban J connectivity index is 1.68. The van der Waals surface area contributed by atoms with E-state index in [9.17, 15) is 17.6 Å². The van der Waals surface area contributed by atoms with Crippen LogP contribution in [0.5, 0.6) is 0 Å². The molecule has 158 valence electrons. The molecule has 4 aromatic rings. The van der Waals surface area contributed by atoms with Crippen molar-refractivity contribution in [3.05, 3.63) is 90.6 Å². The highest BCUT2D eigenvalue weighted by Crippen LogP contribution is 2.22. The van der Waals surface area contributed by atoms with Crippen molar-refractivity contribution >= 4 is 21.4 Å². The van der Waals surface area contributed by atoms with Crippen molar-refractivity contribution in [2.45, 2.75) is 11.8 Å². The summed E-state index contributed by atoms with van der Waals surface area (Å²) in [6, 6.07) is 15.4. The van der Waals surface area contributed by atoms with Crippen LogP contribution in [-0.2, 0) is 9.84 Å². The first-order chi connectivity index (χ1) is 14.9. The summed E-state index contributed by atoms with van der Waals surface area (Å²) in [5.74, 6) is -0.297. The first-order valence-corrected chi connectivity index (χ1v) is 11.2. The maximum atomic E-state index is 13.3.